The predicted molar refractivity (Wildman–Crippen MR) is 208 cm³/mol. The van der Waals surface area contributed by atoms with Crippen LogP contribution >= 0.6 is 0 Å². The van der Waals surface area contributed by atoms with Gasteiger partial charge in [-0.1, -0.05) is 164 Å². The summed E-state index contributed by atoms with van der Waals surface area (Å²) in [7, 11) is 0. The van der Waals surface area contributed by atoms with Gasteiger partial charge in [-0.3, -0.25) is 0 Å². The van der Waals surface area contributed by atoms with E-state index in [1.54, 1.807) is 0 Å². The molecule has 0 N–H and O–H groups in total. The van der Waals surface area contributed by atoms with E-state index in [0.29, 0.717) is 22.3 Å². The summed E-state index contributed by atoms with van der Waals surface area (Å²) in [6, 6.07) is 52.6. The maximum absolute atomic E-state index is 9.40. The molecule has 0 aliphatic heterocycles. The van der Waals surface area contributed by atoms with Crippen LogP contribution in [0.4, 0.5) is 0 Å². The molecule has 1 aromatic heterocycles. The lowest BCUT2D eigenvalue weighted by Gasteiger charge is -2.18. The molecule has 0 saturated carbocycles. The average molecular weight is 627 g/mol. The van der Waals surface area contributed by atoms with Crippen molar-refractivity contribution in [1.82, 2.24) is 0 Å². The second kappa shape index (κ2) is 11.1. The standard InChI is InChI=1S/C48H30O/c1-2-10-31(11-3-1)32-18-20-33(21-19-32)34-22-24-36(25-23-34)46-40-14-6-8-16-42(40)47(43-17-9-7-15-41(43)46)37-27-28-39-44-29-26-35-12-4-5-13-38(35)48(44)49-45(39)30-37/h1-30H/i22D,23D,24D,25D. The SMILES string of the molecule is [2H]c1c([2H])c(-c2c3ccccc3c(-c3ccc4c(c3)oc3c5ccccc5ccc43)c3ccccc23)c([2H])c([2H])c1-c1ccc(-c2ccccc2)cc1. The van der Waals surface area contributed by atoms with Crippen LogP contribution in [0.1, 0.15) is 5.48 Å². The molecule has 0 saturated heterocycles. The molecule has 0 atom stereocenters. The third-order valence-corrected chi connectivity index (χ3v) is 9.74. The van der Waals surface area contributed by atoms with E-state index in [2.05, 4.69) is 54.6 Å². The fourth-order valence-corrected chi connectivity index (χ4v) is 7.41. The van der Waals surface area contributed by atoms with Crippen molar-refractivity contribution < 1.29 is 9.90 Å². The molecule has 1 heteroatoms. The molecule has 49 heavy (non-hydrogen) atoms. The second-order valence-electron chi connectivity index (χ2n) is 12.5. The molecule has 0 aliphatic carbocycles. The third kappa shape index (κ3) is 4.47. The molecule has 0 spiro atoms. The molecule has 1 nitrogen and oxygen atoms in total. The zero-order valence-corrected chi connectivity index (χ0v) is 26.4. The number of benzene rings is 9. The van der Waals surface area contributed by atoms with Gasteiger partial charge in [0.25, 0.3) is 0 Å². The van der Waals surface area contributed by atoms with Gasteiger partial charge in [0.2, 0.25) is 0 Å². The Morgan fingerprint density at radius 2 is 0.796 bits per heavy atom. The fraction of sp³-hybridized carbons (Fsp3) is 0. The topological polar surface area (TPSA) is 13.1 Å². The van der Waals surface area contributed by atoms with Crippen LogP contribution < -0.4 is 0 Å². The van der Waals surface area contributed by atoms with E-state index in [1.165, 1.54) is 0 Å². The van der Waals surface area contributed by atoms with Gasteiger partial charge in [-0.25, -0.2) is 0 Å². The minimum Gasteiger partial charge on any atom is -0.455 e. The Morgan fingerprint density at radius 1 is 0.327 bits per heavy atom. The number of rotatable bonds is 4. The van der Waals surface area contributed by atoms with Gasteiger partial charge < -0.3 is 4.42 Å². The lowest BCUT2D eigenvalue weighted by Crippen LogP contribution is -1.91. The van der Waals surface area contributed by atoms with Gasteiger partial charge in [0, 0.05) is 16.2 Å². The molecule has 1 heterocycles. The van der Waals surface area contributed by atoms with E-state index >= 15 is 0 Å². The van der Waals surface area contributed by atoms with Crippen LogP contribution in [-0.2, 0) is 0 Å². The number of fused-ring (bicyclic) bond motifs is 7. The summed E-state index contributed by atoms with van der Waals surface area (Å²) >= 11 is 0. The summed E-state index contributed by atoms with van der Waals surface area (Å²) < 4.78 is 43.9. The predicted octanol–water partition coefficient (Wildman–Crippen LogP) is 13.7. The van der Waals surface area contributed by atoms with Crippen molar-refractivity contribution in [2.75, 3.05) is 0 Å². The van der Waals surface area contributed by atoms with Crippen LogP contribution in [0.15, 0.2) is 186 Å². The molecule has 9 aromatic carbocycles. The summed E-state index contributed by atoms with van der Waals surface area (Å²) in [5, 5.41) is 7.98. The highest BCUT2D eigenvalue weighted by Crippen LogP contribution is 2.45. The Morgan fingerprint density at radius 3 is 1.45 bits per heavy atom. The summed E-state index contributed by atoms with van der Waals surface area (Å²) in [6.45, 7) is 0. The van der Waals surface area contributed by atoms with Crippen molar-refractivity contribution in [3.63, 3.8) is 0 Å². The maximum Gasteiger partial charge on any atom is 0.143 e. The van der Waals surface area contributed by atoms with Crippen molar-refractivity contribution in [1.29, 1.82) is 0 Å². The zero-order valence-electron chi connectivity index (χ0n) is 30.4. The Kier molecular flexibility index (Phi) is 5.38. The van der Waals surface area contributed by atoms with Crippen LogP contribution in [0.5, 0.6) is 0 Å². The first-order chi connectivity index (χ1) is 26.0. The Balaban J connectivity index is 1.18. The van der Waals surface area contributed by atoms with Crippen LogP contribution in [0.3, 0.4) is 0 Å². The van der Waals surface area contributed by atoms with E-state index in [4.69, 9.17) is 4.42 Å². The molecule has 228 valence electrons. The molecular formula is C48H30O. The van der Waals surface area contributed by atoms with E-state index < -0.39 is 0 Å². The minimum atomic E-state index is -0.0629. The van der Waals surface area contributed by atoms with Crippen molar-refractivity contribution >= 4 is 54.3 Å². The zero-order chi connectivity index (χ0) is 35.8. The first-order valence-corrected chi connectivity index (χ1v) is 16.5. The van der Waals surface area contributed by atoms with Crippen LogP contribution in [0, 0.1) is 0 Å². The van der Waals surface area contributed by atoms with Gasteiger partial charge in [0.15, 0.2) is 0 Å². The molecule has 0 radical (unpaired) electrons. The van der Waals surface area contributed by atoms with Gasteiger partial charge in [0.05, 0.1) is 5.48 Å². The highest BCUT2D eigenvalue weighted by molar-refractivity contribution is 6.22. The first-order valence-electron chi connectivity index (χ1n) is 18.5. The van der Waals surface area contributed by atoms with Crippen molar-refractivity contribution in [2.45, 2.75) is 0 Å². The molecule has 10 aromatic rings. The van der Waals surface area contributed by atoms with Crippen molar-refractivity contribution in [3.8, 4) is 44.5 Å². The van der Waals surface area contributed by atoms with E-state index in [0.717, 1.165) is 76.5 Å². The summed E-state index contributed by atoms with van der Waals surface area (Å²) in [6.07, 6.45) is 0. The van der Waals surface area contributed by atoms with Gasteiger partial charge in [-0.15, -0.1) is 0 Å². The highest BCUT2D eigenvalue weighted by atomic mass is 16.3. The Bertz CT molecular complexity index is 3000. The van der Waals surface area contributed by atoms with Gasteiger partial charge >= 0.3 is 0 Å². The Hall–Kier alpha value is -6.44. The molecule has 0 bridgehead atoms. The first kappa shape index (κ1) is 23.8. The number of hydrogen-bond acceptors (Lipinski definition) is 1. The summed E-state index contributed by atoms with van der Waals surface area (Å²) in [5.74, 6) is 0. The van der Waals surface area contributed by atoms with Crippen molar-refractivity contribution in [2.24, 2.45) is 0 Å². The molecule has 0 aliphatic rings. The maximum atomic E-state index is 9.40. The lowest BCUT2D eigenvalue weighted by molar-refractivity contribution is 0.673. The van der Waals surface area contributed by atoms with E-state index in [9.17, 15) is 5.48 Å². The molecular weight excluding hydrogens is 593 g/mol. The Labute approximate surface area is 289 Å². The minimum absolute atomic E-state index is 0.0615. The quantitative estimate of drug-likeness (QED) is 0.177. The number of hydrogen-bond donors (Lipinski definition) is 0. The highest BCUT2D eigenvalue weighted by Gasteiger charge is 2.18. The smallest absolute Gasteiger partial charge is 0.143 e. The van der Waals surface area contributed by atoms with Crippen LogP contribution in [0.25, 0.3) is 98.8 Å². The van der Waals surface area contributed by atoms with Crippen molar-refractivity contribution in [3.05, 3.63) is 182 Å². The molecule has 10 rings (SSSR count). The average Bonchev–Trinajstić information content (AvgIpc) is 3.59. The van der Waals surface area contributed by atoms with Gasteiger partial charge in [-0.2, -0.15) is 0 Å². The fourth-order valence-electron chi connectivity index (χ4n) is 7.41. The third-order valence-electron chi connectivity index (χ3n) is 9.74. The lowest BCUT2D eigenvalue weighted by atomic mass is 9.85. The van der Waals surface area contributed by atoms with Gasteiger partial charge in [-0.05, 0) is 89.6 Å². The van der Waals surface area contributed by atoms with Crippen LogP contribution in [0.2, 0.25) is 0 Å². The molecule has 0 unspecified atom stereocenters. The summed E-state index contributed by atoms with van der Waals surface area (Å²) in [5.41, 5.74) is 7.72. The van der Waals surface area contributed by atoms with Crippen LogP contribution in [-0.4, -0.2) is 0 Å². The largest absolute Gasteiger partial charge is 0.455 e. The molecule has 0 amide bonds. The van der Waals surface area contributed by atoms with Gasteiger partial charge in [0.1, 0.15) is 11.2 Å². The normalized spacial score (nSPS) is 12.8. The monoisotopic (exact) mass is 626 g/mol. The van der Waals surface area contributed by atoms with E-state index in [-0.39, 0.29) is 24.2 Å². The number of furan rings is 1. The summed E-state index contributed by atoms with van der Waals surface area (Å²) in [4.78, 5) is 0. The van der Waals surface area contributed by atoms with E-state index in [1.807, 2.05) is 103 Å². The second-order valence-corrected chi connectivity index (χ2v) is 12.5. The molecule has 0 fully saturated rings.